The van der Waals surface area contributed by atoms with E-state index in [1.54, 1.807) is 11.3 Å². The quantitative estimate of drug-likeness (QED) is 0.332. The topological polar surface area (TPSA) is 93.4 Å². The predicted molar refractivity (Wildman–Crippen MR) is 124 cm³/mol. The van der Waals surface area contributed by atoms with Crippen molar-refractivity contribution in [3.8, 4) is 10.4 Å². The number of sulfonamides is 1. The third-order valence-corrected chi connectivity index (χ3v) is 9.22. The van der Waals surface area contributed by atoms with Crippen LogP contribution < -0.4 is 0 Å². The van der Waals surface area contributed by atoms with Crippen molar-refractivity contribution in [3.63, 3.8) is 0 Å². The molecule has 0 bridgehead atoms. The molecule has 1 saturated heterocycles. The molecule has 0 amide bonds. The minimum absolute atomic E-state index is 0.0826. The SMILES string of the molecule is Cc1nc(C2CCN(S(=O)(=O)c3ccc([N+](=O)[O-])cc3)CC2)sc1-c1ccc(Br)cc1. The minimum Gasteiger partial charge on any atom is -0.258 e. The van der Waals surface area contributed by atoms with Crippen LogP contribution in [-0.4, -0.2) is 35.7 Å². The summed E-state index contributed by atoms with van der Waals surface area (Å²) in [4.78, 5) is 16.3. The van der Waals surface area contributed by atoms with Crippen LogP contribution >= 0.6 is 27.3 Å². The summed E-state index contributed by atoms with van der Waals surface area (Å²) in [5.41, 5.74) is 1.99. The average Bonchev–Trinajstić information content (AvgIpc) is 3.16. The smallest absolute Gasteiger partial charge is 0.258 e. The van der Waals surface area contributed by atoms with E-state index in [2.05, 4.69) is 28.1 Å². The molecule has 1 fully saturated rings. The Morgan fingerprint density at radius 1 is 1.10 bits per heavy atom. The molecule has 0 saturated carbocycles. The second-order valence-corrected chi connectivity index (χ2v) is 11.3. The number of halogens is 1. The van der Waals surface area contributed by atoms with E-state index < -0.39 is 14.9 Å². The summed E-state index contributed by atoms with van der Waals surface area (Å²) in [5.74, 6) is 0.219. The van der Waals surface area contributed by atoms with Gasteiger partial charge in [0.05, 0.1) is 25.4 Å². The lowest BCUT2D eigenvalue weighted by molar-refractivity contribution is -0.384. The van der Waals surface area contributed by atoms with Crippen molar-refractivity contribution in [2.75, 3.05) is 13.1 Å². The minimum atomic E-state index is -3.67. The molecule has 162 valence electrons. The van der Waals surface area contributed by atoms with Gasteiger partial charge in [-0.1, -0.05) is 28.1 Å². The van der Waals surface area contributed by atoms with E-state index in [4.69, 9.17) is 4.98 Å². The number of nitrogens with zero attached hydrogens (tertiary/aromatic N) is 3. The fourth-order valence-corrected chi connectivity index (χ4v) is 6.67. The van der Waals surface area contributed by atoms with Crippen LogP contribution in [0.2, 0.25) is 0 Å². The number of nitro groups is 1. The van der Waals surface area contributed by atoms with Gasteiger partial charge in [0, 0.05) is 35.6 Å². The van der Waals surface area contributed by atoms with Crippen LogP contribution in [0.25, 0.3) is 10.4 Å². The van der Waals surface area contributed by atoms with E-state index in [0.29, 0.717) is 25.9 Å². The maximum absolute atomic E-state index is 12.9. The van der Waals surface area contributed by atoms with Crippen molar-refractivity contribution in [3.05, 3.63) is 73.8 Å². The maximum Gasteiger partial charge on any atom is 0.269 e. The molecule has 0 N–H and O–H groups in total. The first-order valence-corrected chi connectivity index (χ1v) is 12.8. The Kier molecular flexibility index (Phi) is 6.25. The molecule has 4 rings (SSSR count). The van der Waals surface area contributed by atoms with Crippen molar-refractivity contribution in [2.24, 2.45) is 0 Å². The molecule has 1 aliphatic heterocycles. The van der Waals surface area contributed by atoms with Crippen LogP contribution in [-0.2, 0) is 10.0 Å². The molecule has 2 aromatic carbocycles. The fourth-order valence-electron chi connectivity index (χ4n) is 3.69. The van der Waals surface area contributed by atoms with Gasteiger partial charge in [-0.3, -0.25) is 10.1 Å². The van der Waals surface area contributed by atoms with Crippen molar-refractivity contribution in [1.29, 1.82) is 0 Å². The molecule has 3 aromatic rings. The number of aromatic nitrogens is 1. The normalized spacial score (nSPS) is 15.8. The molecule has 0 unspecified atom stereocenters. The summed E-state index contributed by atoms with van der Waals surface area (Å²) in [5, 5.41) is 11.8. The number of nitro benzene ring substituents is 1. The van der Waals surface area contributed by atoms with E-state index in [1.165, 1.54) is 28.6 Å². The highest BCUT2D eigenvalue weighted by Crippen LogP contribution is 2.38. The van der Waals surface area contributed by atoms with Gasteiger partial charge in [-0.2, -0.15) is 4.31 Å². The molecule has 2 heterocycles. The summed E-state index contributed by atoms with van der Waals surface area (Å²) < 4.78 is 28.3. The summed E-state index contributed by atoms with van der Waals surface area (Å²) in [7, 11) is -3.67. The zero-order valence-electron chi connectivity index (χ0n) is 16.7. The second kappa shape index (κ2) is 8.78. The summed E-state index contributed by atoms with van der Waals surface area (Å²) in [6.07, 6.45) is 1.39. The molecule has 0 radical (unpaired) electrons. The number of aryl methyl sites for hydroxylation is 1. The summed E-state index contributed by atoms with van der Waals surface area (Å²) in [6, 6.07) is 13.2. The van der Waals surface area contributed by atoms with Crippen LogP contribution in [0.4, 0.5) is 5.69 Å². The van der Waals surface area contributed by atoms with Gasteiger partial charge < -0.3 is 0 Å². The lowest BCUT2D eigenvalue weighted by Crippen LogP contribution is -2.37. The molecule has 7 nitrogen and oxygen atoms in total. The van der Waals surface area contributed by atoms with Crippen LogP contribution in [0.15, 0.2) is 57.9 Å². The van der Waals surface area contributed by atoms with E-state index in [-0.39, 0.29) is 16.5 Å². The van der Waals surface area contributed by atoms with Crippen LogP contribution in [0, 0.1) is 17.0 Å². The van der Waals surface area contributed by atoms with E-state index in [9.17, 15) is 18.5 Å². The summed E-state index contributed by atoms with van der Waals surface area (Å²) in [6.45, 7) is 2.80. The highest BCUT2D eigenvalue weighted by Gasteiger charge is 2.31. The lowest BCUT2D eigenvalue weighted by Gasteiger charge is -2.30. The Bertz CT molecular complexity index is 1200. The van der Waals surface area contributed by atoms with Crippen molar-refractivity contribution < 1.29 is 13.3 Å². The number of rotatable bonds is 5. The third kappa shape index (κ3) is 4.57. The standard InChI is InChI=1S/C21H20BrN3O4S2/c1-14-20(15-2-4-17(22)5-3-15)30-21(23-14)16-10-12-24(13-11-16)31(28,29)19-8-6-18(7-9-19)25(26)27/h2-9,16H,10-13H2,1H3. The number of piperidine rings is 1. The van der Waals surface area contributed by atoms with Gasteiger partial charge >= 0.3 is 0 Å². The lowest BCUT2D eigenvalue weighted by atomic mass is 9.99. The Morgan fingerprint density at radius 3 is 2.29 bits per heavy atom. The summed E-state index contributed by atoms with van der Waals surface area (Å²) >= 11 is 5.13. The third-order valence-electron chi connectivity index (χ3n) is 5.41. The van der Waals surface area contributed by atoms with Gasteiger partial charge in [-0.05, 0) is 49.6 Å². The van der Waals surface area contributed by atoms with Crippen LogP contribution in [0.1, 0.15) is 29.5 Å². The Balaban J connectivity index is 1.47. The van der Waals surface area contributed by atoms with Gasteiger partial charge in [-0.25, -0.2) is 13.4 Å². The largest absolute Gasteiger partial charge is 0.269 e. The molecule has 0 atom stereocenters. The zero-order valence-corrected chi connectivity index (χ0v) is 19.9. The van der Waals surface area contributed by atoms with Crippen molar-refractivity contribution >= 4 is 43.0 Å². The van der Waals surface area contributed by atoms with Crippen LogP contribution in [0.5, 0.6) is 0 Å². The number of benzene rings is 2. The molecule has 1 aliphatic rings. The monoisotopic (exact) mass is 521 g/mol. The molecule has 10 heteroatoms. The van der Waals surface area contributed by atoms with E-state index in [1.807, 2.05) is 19.1 Å². The van der Waals surface area contributed by atoms with Gasteiger partial charge in [0.1, 0.15) is 0 Å². The molecule has 31 heavy (non-hydrogen) atoms. The van der Waals surface area contributed by atoms with Gasteiger partial charge in [0.15, 0.2) is 0 Å². The second-order valence-electron chi connectivity index (χ2n) is 7.40. The fraction of sp³-hybridized carbons (Fsp3) is 0.286. The van der Waals surface area contributed by atoms with Crippen LogP contribution in [0.3, 0.4) is 0 Å². The highest BCUT2D eigenvalue weighted by molar-refractivity contribution is 9.10. The number of hydrogen-bond donors (Lipinski definition) is 0. The number of non-ortho nitro benzene ring substituents is 1. The highest BCUT2D eigenvalue weighted by atomic mass is 79.9. The number of hydrogen-bond acceptors (Lipinski definition) is 6. The maximum atomic E-state index is 12.9. The predicted octanol–water partition coefficient (Wildman–Crippen LogP) is 5.36. The molecular formula is C21H20BrN3O4S2. The van der Waals surface area contributed by atoms with Gasteiger partial charge in [0.2, 0.25) is 10.0 Å². The Hall–Kier alpha value is -2.14. The zero-order chi connectivity index (χ0) is 22.2. The van der Waals surface area contributed by atoms with Gasteiger partial charge in [-0.15, -0.1) is 11.3 Å². The molecular weight excluding hydrogens is 502 g/mol. The number of thiazole rings is 1. The first-order chi connectivity index (χ1) is 14.8. The Morgan fingerprint density at radius 2 is 1.71 bits per heavy atom. The molecule has 0 aliphatic carbocycles. The first kappa shape index (κ1) is 22.1. The van der Waals surface area contributed by atoms with E-state index in [0.717, 1.165) is 25.6 Å². The van der Waals surface area contributed by atoms with Gasteiger partial charge in [0.25, 0.3) is 5.69 Å². The average molecular weight is 522 g/mol. The van der Waals surface area contributed by atoms with Crippen molar-refractivity contribution in [2.45, 2.75) is 30.6 Å². The van der Waals surface area contributed by atoms with E-state index >= 15 is 0 Å². The molecule has 1 aromatic heterocycles. The first-order valence-electron chi connectivity index (χ1n) is 9.73. The Labute approximate surface area is 193 Å². The van der Waals surface area contributed by atoms with Crippen molar-refractivity contribution in [1.82, 2.24) is 9.29 Å². The molecule has 0 spiro atoms.